The minimum Gasteiger partial charge on any atom is -0.496 e. The maximum absolute atomic E-state index is 9.09. The Morgan fingerprint density at radius 1 is 1.04 bits per heavy atom. The van der Waals surface area contributed by atoms with Gasteiger partial charge in [-0.1, -0.05) is 48.2 Å². The average molecular weight is 341 g/mol. The predicted molar refractivity (Wildman–Crippen MR) is 94.9 cm³/mol. The van der Waals surface area contributed by atoms with Crippen LogP contribution in [0.2, 0.25) is 0 Å². The molecule has 24 heavy (non-hydrogen) atoms. The molecule has 0 saturated carbocycles. The van der Waals surface area contributed by atoms with Crippen molar-refractivity contribution in [1.82, 2.24) is 14.8 Å². The van der Waals surface area contributed by atoms with Crippen molar-refractivity contribution in [3.8, 4) is 17.1 Å². The lowest BCUT2D eigenvalue weighted by molar-refractivity contribution is 0.282. The predicted octanol–water partition coefficient (Wildman–Crippen LogP) is 3.28. The third kappa shape index (κ3) is 3.44. The van der Waals surface area contributed by atoms with Crippen molar-refractivity contribution in [2.75, 3.05) is 7.11 Å². The van der Waals surface area contributed by atoms with Gasteiger partial charge in [0, 0.05) is 12.8 Å². The molecule has 2 aromatic carbocycles. The molecule has 1 N–H and O–H groups in total. The normalized spacial score (nSPS) is 10.8. The zero-order valence-corrected chi connectivity index (χ0v) is 14.5. The number of rotatable bonds is 6. The van der Waals surface area contributed by atoms with E-state index in [1.54, 1.807) is 18.9 Å². The van der Waals surface area contributed by atoms with Crippen molar-refractivity contribution in [3.05, 3.63) is 59.7 Å². The smallest absolute Gasteiger partial charge is 0.191 e. The van der Waals surface area contributed by atoms with Gasteiger partial charge in [0.25, 0.3) is 0 Å². The number of thioether (sulfide) groups is 1. The van der Waals surface area contributed by atoms with Crippen LogP contribution >= 0.6 is 11.8 Å². The fourth-order valence-corrected chi connectivity index (χ4v) is 3.26. The second-order valence-electron chi connectivity index (χ2n) is 5.33. The van der Waals surface area contributed by atoms with Crippen LogP contribution in [-0.4, -0.2) is 27.0 Å². The van der Waals surface area contributed by atoms with Crippen LogP contribution in [0.25, 0.3) is 11.4 Å². The number of ether oxygens (including phenoxy) is 1. The van der Waals surface area contributed by atoms with Crippen molar-refractivity contribution < 1.29 is 9.84 Å². The Morgan fingerprint density at radius 2 is 1.75 bits per heavy atom. The highest BCUT2D eigenvalue weighted by molar-refractivity contribution is 7.98. The summed E-state index contributed by atoms with van der Waals surface area (Å²) in [5.74, 6) is 2.36. The average Bonchev–Trinajstić information content (AvgIpc) is 3.00. The van der Waals surface area contributed by atoms with Gasteiger partial charge in [-0.25, -0.2) is 0 Å². The summed E-state index contributed by atoms with van der Waals surface area (Å²) in [6, 6.07) is 15.7. The molecule has 0 spiro atoms. The van der Waals surface area contributed by atoms with Gasteiger partial charge in [0.15, 0.2) is 11.0 Å². The summed E-state index contributed by atoms with van der Waals surface area (Å²) in [6.45, 7) is 0.0684. The van der Waals surface area contributed by atoms with E-state index in [9.17, 15) is 0 Å². The topological polar surface area (TPSA) is 60.2 Å². The molecule has 0 saturated heterocycles. The Labute approximate surface area is 145 Å². The summed E-state index contributed by atoms with van der Waals surface area (Å²) in [5, 5.41) is 18.5. The molecule has 0 fully saturated rings. The molecule has 5 nitrogen and oxygen atoms in total. The van der Waals surface area contributed by atoms with Gasteiger partial charge in [0.2, 0.25) is 0 Å². The number of aromatic nitrogens is 3. The van der Waals surface area contributed by atoms with Crippen molar-refractivity contribution >= 4 is 11.8 Å². The Bertz CT molecular complexity index is 815. The lowest BCUT2D eigenvalue weighted by Crippen LogP contribution is -1.97. The maximum atomic E-state index is 9.09. The standard InChI is InChI=1S/C18H19N3O2S/c1-21-17(15-5-3-4-6-16(15)23-2)19-20-18(21)24-12-14-9-7-13(11-22)8-10-14/h3-10,22H,11-12H2,1-2H3. The van der Waals surface area contributed by atoms with E-state index in [0.717, 1.165) is 33.6 Å². The first-order chi connectivity index (χ1) is 11.7. The molecule has 1 aromatic heterocycles. The van der Waals surface area contributed by atoms with E-state index in [1.807, 2.05) is 60.1 Å². The number of aliphatic hydroxyl groups excluding tert-OH is 1. The molecule has 0 amide bonds. The van der Waals surface area contributed by atoms with Crippen molar-refractivity contribution in [2.24, 2.45) is 7.05 Å². The van der Waals surface area contributed by atoms with E-state index in [1.165, 1.54) is 5.56 Å². The Balaban J connectivity index is 1.77. The summed E-state index contributed by atoms with van der Waals surface area (Å²) in [7, 11) is 3.61. The molecule has 124 valence electrons. The van der Waals surface area contributed by atoms with Gasteiger partial charge in [-0.05, 0) is 23.3 Å². The van der Waals surface area contributed by atoms with Gasteiger partial charge in [0.05, 0.1) is 19.3 Å². The molecule has 0 aliphatic heterocycles. The fraction of sp³-hybridized carbons (Fsp3) is 0.222. The molecule has 0 atom stereocenters. The monoisotopic (exact) mass is 341 g/mol. The van der Waals surface area contributed by atoms with E-state index in [-0.39, 0.29) is 6.61 Å². The van der Waals surface area contributed by atoms with Crippen molar-refractivity contribution in [1.29, 1.82) is 0 Å². The Hall–Kier alpha value is -2.31. The molecule has 0 bridgehead atoms. The van der Waals surface area contributed by atoms with Crippen LogP contribution < -0.4 is 4.74 Å². The molecule has 6 heteroatoms. The van der Waals surface area contributed by atoms with Gasteiger partial charge in [0.1, 0.15) is 5.75 Å². The van der Waals surface area contributed by atoms with Crippen LogP contribution in [0.5, 0.6) is 5.75 Å². The zero-order chi connectivity index (χ0) is 16.9. The highest BCUT2D eigenvalue weighted by atomic mass is 32.2. The maximum Gasteiger partial charge on any atom is 0.191 e. The quantitative estimate of drug-likeness (QED) is 0.697. The number of nitrogens with zero attached hydrogens (tertiary/aromatic N) is 3. The number of benzene rings is 2. The van der Waals surface area contributed by atoms with Crippen LogP contribution in [0.1, 0.15) is 11.1 Å². The SMILES string of the molecule is COc1ccccc1-c1nnc(SCc2ccc(CO)cc2)n1C. The summed E-state index contributed by atoms with van der Waals surface area (Å²) in [4.78, 5) is 0. The van der Waals surface area contributed by atoms with E-state index in [4.69, 9.17) is 9.84 Å². The molecule has 0 unspecified atom stereocenters. The van der Waals surface area contributed by atoms with Gasteiger partial charge in [-0.2, -0.15) is 0 Å². The minimum atomic E-state index is 0.0684. The Morgan fingerprint density at radius 3 is 2.46 bits per heavy atom. The van der Waals surface area contributed by atoms with Crippen LogP contribution in [-0.2, 0) is 19.4 Å². The number of hydrogen-bond acceptors (Lipinski definition) is 5. The zero-order valence-electron chi connectivity index (χ0n) is 13.6. The fourth-order valence-electron chi connectivity index (χ4n) is 2.39. The summed E-state index contributed by atoms with van der Waals surface area (Å²) >= 11 is 1.63. The molecular formula is C18H19N3O2S. The van der Waals surface area contributed by atoms with Gasteiger partial charge < -0.3 is 14.4 Å². The molecular weight excluding hydrogens is 322 g/mol. The second kappa shape index (κ2) is 7.51. The van der Waals surface area contributed by atoms with Crippen LogP contribution in [0, 0.1) is 0 Å². The summed E-state index contributed by atoms with van der Waals surface area (Å²) in [5.41, 5.74) is 3.02. The molecule has 3 rings (SSSR count). The third-order valence-corrected chi connectivity index (χ3v) is 4.85. The molecule has 1 heterocycles. The first kappa shape index (κ1) is 16.5. The number of para-hydroxylation sites is 1. The number of aliphatic hydroxyl groups is 1. The number of methoxy groups -OCH3 is 1. The molecule has 0 radical (unpaired) electrons. The largest absolute Gasteiger partial charge is 0.496 e. The Kier molecular flexibility index (Phi) is 5.17. The van der Waals surface area contributed by atoms with E-state index in [0.29, 0.717) is 0 Å². The van der Waals surface area contributed by atoms with E-state index in [2.05, 4.69) is 10.2 Å². The lowest BCUT2D eigenvalue weighted by Gasteiger charge is -2.08. The summed E-state index contributed by atoms with van der Waals surface area (Å²) < 4.78 is 7.38. The van der Waals surface area contributed by atoms with Crippen molar-refractivity contribution in [3.63, 3.8) is 0 Å². The van der Waals surface area contributed by atoms with Gasteiger partial charge in [-0.15, -0.1) is 10.2 Å². The number of hydrogen-bond donors (Lipinski definition) is 1. The molecule has 3 aromatic rings. The van der Waals surface area contributed by atoms with Crippen molar-refractivity contribution in [2.45, 2.75) is 17.5 Å². The van der Waals surface area contributed by atoms with Crippen LogP contribution in [0.15, 0.2) is 53.7 Å². The van der Waals surface area contributed by atoms with Crippen LogP contribution in [0.4, 0.5) is 0 Å². The first-order valence-electron chi connectivity index (χ1n) is 7.57. The second-order valence-corrected chi connectivity index (χ2v) is 6.27. The minimum absolute atomic E-state index is 0.0684. The van der Waals surface area contributed by atoms with Crippen LogP contribution in [0.3, 0.4) is 0 Å². The van der Waals surface area contributed by atoms with Gasteiger partial charge >= 0.3 is 0 Å². The summed E-state index contributed by atoms with van der Waals surface area (Å²) in [6.07, 6.45) is 0. The van der Waals surface area contributed by atoms with E-state index < -0.39 is 0 Å². The van der Waals surface area contributed by atoms with E-state index >= 15 is 0 Å². The van der Waals surface area contributed by atoms with Gasteiger partial charge in [-0.3, -0.25) is 0 Å². The third-order valence-electron chi connectivity index (χ3n) is 3.76. The highest BCUT2D eigenvalue weighted by Gasteiger charge is 2.14. The first-order valence-corrected chi connectivity index (χ1v) is 8.55. The molecule has 0 aliphatic rings. The lowest BCUT2D eigenvalue weighted by atomic mass is 10.2. The molecule has 0 aliphatic carbocycles. The highest BCUT2D eigenvalue weighted by Crippen LogP contribution is 2.30.